The molecule has 0 aromatic carbocycles. The fourth-order valence-corrected chi connectivity index (χ4v) is 4.19. The van der Waals surface area contributed by atoms with E-state index < -0.39 is 0 Å². The molecule has 0 aliphatic carbocycles. The second-order valence-electron chi connectivity index (χ2n) is 8.37. The minimum absolute atomic E-state index is 0.325. The van der Waals surface area contributed by atoms with Gasteiger partial charge in [-0.2, -0.15) is 0 Å². The number of pyridine rings is 2. The lowest BCUT2D eigenvalue weighted by atomic mass is 10.0. The Kier molecular flexibility index (Phi) is 8.65. The molecule has 2 aliphatic heterocycles. The van der Waals surface area contributed by atoms with Crippen LogP contribution in [0, 0.1) is 0 Å². The van der Waals surface area contributed by atoms with Crippen LogP contribution in [0.15, 0.2) is 42.9 Å². The van der Waals surface area contributed by atoms with Gasteiger partial charge in [-0.25, -0.2) is 15.3 Å². The number of hydrogen-bond donors (Lipinski definition) is 2. The van der Waals surface area contributed by atoms with Gasteiger partial charge in [0.25, 0.3) is 5.91 Å². The lowest BCUT2D eigenvalue weighted by Gasteiger charge is -2.32. The molecule has 9 heteroatoms. The molecular formula is C24H30ClN5O3. The Hall–Kier alpha value is -2.52. The molecule has 1 unspecified atom stereocenters. The van der Waals surface area contributed by atoms with Crippen molar-refractivity contribution in [2.24, 2.45) is 0 Å². The lowest BCUT2D eigenvalue weighted by molar-refractivity contribution is -0.198. The quantitative estimate of drug-likeness (QED) is 0.447. The highest BCUT2D eigenvalue weighted by atomic mass is 35.5. The Balaban J connectivity index is 1.21. The number of rotatable bonds is 8. The molecule has 2 fully saturated rings. The Bertz CT molecular complexity index is 929. The molecule has 0 bridgehead atoms. The second-order valence-corrected chi connectivity index (χ2v) is 8.78. The van der Waals surface area contributed by atoms with Crippen LogP contribution in [0.3, 0.4) is 0 Å². The standard InChI is InChI=1S/C24H30ClN5O3/c25-21-14-18(6-7-22(31)29-33-23-5-1-2-13-32-23)16-27-24(21)28-20-8-11-30(12-9-20)17-19-4-3-10-26-15-19/h3-4,6-7,10,14-16,20,23H,1-2,5,8-9,11-13,17H2,(H,27,28)(H,29,31). The topological polar surface area (TPSA) is 88.6 Å². The summed E-state index contributed by atoms with van der Waals surface area (Å²) in [6.07, 6.45) is 13.0. The molecule has 2 aromatic heterocycles. The number of hydroxylamine groups is 1. The molecule has 8 nitrogen and oxygen atoms in total. The highest BCUT2D eigenvalue weighted by Crippen LogP contribution is 2.24. The van der Waals surface area contributed by atoms with Crippen molar-refractivity contribution in [3.05, 3.63) is 59.0 Å². The van der Waals surface area contributed by atoms with Crippen LogP contribution in [-0.2, 0) is 20.9 Å². The molecule has 4 rings (SSSR count). The van der Waals surface area contributed by atoms with Gasteiger partial charge in [-0.3, -0.25) is 14.7 Å². The highest BCUT2D eigenvalue weighted by Gasteiger charge is 2.20. The molecule has 1 atom stereocenters. The van der Waals surface area contributed by atoms with Crippen molar-refractivity contribution >= 4 is 29.4 Å². The monoisotopic (exact) mass is 471 g/mol. The van der Waals surface area contributed by atoms with Crippen molar-refractivity contribution < 1.29 is 14.4 Å². The van der Waals surface area contributed by atoms with Gasteiger partial charge in [0.2, 0.25) is 0 Å². The van der Waals surface area contributed by atoms with Crippen LogP contribution < -0.4 is 10.8 Å². The van der Waals surface area contributed by atoms with Gasteiger partial charge in [-0.15, -0.1) is 0 Å². The molecule has 176 valence electrons. The number of hydrogen-bond acceptors (Lipinski definition) is 7. The number of nitrogens with zero attached hydrogens (tertiary/aromatic N) is 3. The Morgan fingerprint density at radius 2 is 2.15 bits per heavy atom. The third-order valence-electron chi connectivity index (χ3n) is 5.78. The number of nitrogens with one attached hydrogen (secondary N) is 2. The molecule has 0 saturated carbocycles. The van der Waals surface area contributed by atoms with E-state index >= 15 is 0 Å². The minimum atomic E-state index is -0.375. The predicted molar refractivity (Wildman–Crippen MR) is 127 cm³/mol. The molecule has 0 radical (unpaired) electrons. The number of carbonyl (C=O) groups excluding carboxylic acids is 1. The summed E-state index contributed by atoms with van der Waals surface area (Å²) in [5.74, 6) is 0.308. The number of piperidine rings is 1. The van der Waals surface area contributed by atoms with E-state index in [1.807, 2.05) is 12.3 Å². The average molecular weight is 472 g/mol. The maximum Gasteiger partial charge on any atom is 0.267 e. The summed E-state index contributed by atoms with van der Waals surface area (Å²) in [5, 5.41) is 3.99. The second kappa shape index (κ2) is 12.1. The van der Waals surface area contributed by atoms with Gasteiger partial charge in [0.1, 0.15) is 5.82 Å². The summed E-state index contributed by atoms with van der Waals surface area (Å²) in [4.78, 5) is 28.3. The molecule has 33 heavy (non-hydrogen) atoms. The van der Waals surface area contributed by atoms with Crippen molar-refractivity contribution in [3.8, 4) is 0 Å². The predicted octanol–water partition coefficient (Wildman–Crippen LogP) is 3.79. The summed E-state index contributed by atoms with van der Waals surface area (Å²) in [7, 11) is 0. The first kappa shape index (κ1) is 23.6. The minimum Gasteiger partial charge on any atom is -0.366 e. The Labute approximate surface area is 199 Å². The molecular weight excluding hydrogens is 442 g/mol. The Morgan fingerprint density at radius 3 is 2.88 bits per heavy atom. The maximum absolute atomic E-state index is 12.0. The third kappa shape index (κ3) is 7.50. The number of aromatic nitrogens is 2. The van der Waals surface area contributed by atoms with Gasteiger partial charge in [-0.1, -0.05) is 17.7 Å². The first-order valence-corrected chi connectivity index (χ1v) is 11.8. The van der Waals surface area contributed by atoms with Crippen molar-refractivity contribution in [2.75, 3.05) is 25.0 Å². The van der Waals surface area contributed by atoms with Crippen LogP contribution in [0.5, 0.6) is 0 Å². The van der Waals surface area contributed by atoms with Crippen molar-refractivity contribution in [1.29, 1.82) is 0 Å². The average Bonchev–Trinajstić information content (AvgIpc) is 2.85. The van der Waals surface area contributed by atoms with Crippen LogP contribution in [0.1, 0.15) is 43.2 Å². The summed E-state index contributed by atoms with van der Waals surface area (Å²) >= 11 is 6.44. The molecule has 4 heterocycles. The molecule has 2 N–H and O–H groups in total. The van der Waals surface area contributed by atoms with Crippen molar-refractivity contribution in [3.63, 3.8) is 0 Å². The van der Waals surface area contributed by atoms with E-state index in [2.05, 4.69) is 31.7 Å². The summed E-state index contributed by atoms with van der Waals surface area (Å²) in [6, 6.07) is 6.21. The van der Waals surface area contributed by atoms with E-state index in [-0.39, 0.29) is 12.2 Å². The summed E-state index contributed by atoms with van der Waals surface area (Å²) in [5.41, 5.74) is 4.37. The van der Waals surface area contributed by atoms with Crippen LogP contribution in [-0.4, -0.2) is 52.8 Å². The van der Waals surface area contributed by atoms with Gasteiger partial charge in [0.05, 0.1) is 5.02 Å². The van der Waals surface area contributed by atoms with E-state index in [0.29, 0.717) is 23.5 Å². The largest absolute Gasteiger partial charge is 0.366 e. The summed E-state index contributed by atoms with van der Waals surface area (Å²) in [6.45, 7) is 3.60. The van der Waals surface area contributed by atoms with E-state index in [1.165, 1.54) is 11.6 Å². The molecule has 2 saturated heterocycles. The van der Waals surface area contributed by atoms with Gasteiger partial charge in [-0.05, 0) is 55.0 Å². The lowest BCUT2D eigenvalue weighted by Crippen LogP contribution is -2.38. The molecule has 2 aromatic rings. The van der Waals surface area contributed by atoms with Crippen molar-refractivity contribution in [2.45, 2.75) is 51.0 Å². The first-order valence-electron chi connectivity index (χ1n) is 11.4. The van der Waals surface area contributed by atoms with Gasteiger partial charge in [0.15, 0.2) is 6.29 Å². The van der Waals surface area contributed by atoms with E-state index in [1.54, 1.807) is 24.5 Å². The molecule has 0 spiro atoms. The van der Waals surface area contributed by atoms with Crippen LogP contribution in [0.25, 0.3) is 6.08 Å². The van der Waals surface area contributed by atoms with E-state index in [0.717, 1.165) is 57.3 Å². The normalized spacial score (nSPS) is 20.1. The number of carbonyl (C=O) groups is 1. The highest BCUT2D eigenvalue weighted by molar-refractivity contribution is 6.33. The van der Waals surface area contributed by atoms with Gasteiger partial charge >= 0.3 is 0 Å². The van der Waals surface area contributed by atoms with Crippen LogP contribution >= 0.6 is 11.6 Å². The first-order chi connectivity index (χ1) is 16.2. The van der Waals surface area contributed by atoms with E-state index in [4.69, 9.17) is 21.2 Å². The van der Waals surface area contributed by atoms with Crippen LogP contribution in [0.2, 0.25) is 5.02 Å². The smallest absolute Gasteiger partial charge is 0.267 e. The van der Waals surface area contributed by atoms with Gasteiger partial charge in [0, 0.05) is 63.4 Å². The zero-order chi connectivity index (χ0) is 22.9. The number of anilines is 1. The SMILES string of the molecule is O=C(C=Cc1cnc(NC2CCN(Cc3cccnc3)CC2)c(Cl)c1)NOC1CCCCO1. The zero-order valence-corrected chi connectivity index (χ0v) is 19.3. The fraction of sp³-hybridized carbons (Fsp3) is 0.458. The van der Waals surface area contributed by atoms with E-state index in [9.17, 15) is 4.79 Å². The number of ether oxygens (including phenoxy) is 1. The van der Waals surface area contributed by atoms with Gasteiger partial charge < -0.3 is 10.1 Å². The zero-order valence-electron chi connectivity index (χ0n) is 18.6. The number of halogens is 1. The van der Waals surface area contributed by atoms with Crippen LogP contribution in [0.4, 0.5) is 5.82 Å². The molecule has 1 amide bonds. The summed E-state index contributed by atoms with van der Waals surface area (Å²) < 4.78 is 5.41. The third-order valence-corrected chi connectivity index (χ3v) is 6.06. The molecule has 2 aliphatic rings. The number of likely N-dealkylation sites (tertiary alicyclic amines) is 1. The number of amides is 1. The Morgan fingerprint density at radius 1 is 1.27 bits per heavy atom. The maximum atomic E-state index is 12.0. The fourth-order valence-electron chi connectivity index (χ4n) is 3.96. The van der Waals surface area contributed by atoms with Crippen molar-refractivity contribution in [1.82, 2.24) is 20.3 Å².